The SMILES string of the molecule is CCc1n[nH]c(CC)c1Cc1ccc(C(=O)OC)cc1. The molecule has 0 aliphatic carbocycles. The summed E-state index contributed by atoms with van der Waals surface area (Å²) in [7, 11) is 1.39. The summed E-state index contributed by atoms with van der Waals surface area (Å²) in [5.41, 5.74) is 5.34. The maximum Gasteiger partial charge on any atom is 0.337 e. The molecule has 0 unspecified atom stereocenters. The summed E-state index contributed by atoms with van der Waals surface area (Å²) in [5, 5.41) is 7.47. The number of H-pyrrole nitrogens is 1. The average molecular weight is 272 g/mol. The Hall–Kier alpha value is -2.10. The van der Waals surface area contributed by atoms with Gasteiger partial charge in [0.05, 0.1) is 18.4 Å². The van der Waals surface area contributed by atoms with Gasteiger partial charge in [0.15, 0.2) is 0 Å². The van der Waals surface area contributed by atoms with Gasteiger partial charge in [-0.05, 0) is 30.5 Å². The number of methoxy groups -OCH3 is 1. The molecule has 2 aromatic rings. The second-order valence-corrected chi connectivity index (χ2v) is 4.70. The number of benzene rings is 1. The molecule has 0 amide bonds. The van der Waals surface area contributed by atoms with Crippen LogP contribution in [0.25, 0.3) is 0 Å². The second kappa shape index (κ2) is 6.37. The van der Waals surface area contributed by atoms with Crippen LogP contribution in [-0.2, 0) is 24.0 Å². The van der Waals surface area contributed by atoms with Crippen LogP contribution in [0.2, 0.25) is 0 Å². The zero-order chi connectivity index (χ0) is 14.5. The van der Waals surface area contributed by atoms with Crippen LogP contribution in [0.4, 0.5) is 0 Å². The van der Waals surface area contributed by atoms with Gasteiger partial charge in [0, 0.05) is 17.7 Å². The van der Waals surface area contributed by atoms with Crippen molar-refractivity contribution in [2.75, 3.05) is 7.11 Å². The van der Waals surface area contributed by atoms with Crippen LogP contribution in [0, 0.1) is 0 Å². The van der Waals surface area contributed by atoms with E-state index in [1.165, 1.54) is 23.9 Å². The highest BCUT2D eigenvalue weighted by atomic mass is 16.5. The third-order valence-corrected chi connectivity index (χ3v) is 3.48. The third-order valence-electron chi connectivity index (χ3n) is 3.48. The summed E-state index contributed by atoms with van der Waals surface area (Å²) in [6.45, 7) is 4.23. The number of carbonyl (C=O) groups excluding carboxylic acids is 1. The molecular formula is C16H20N2O2. The standard InChI is InChI=1S/C16H20N2O2/c1-4-14-13(15(5-2)18-17-14)10-11-6-8-12(9-7-11)16(19)20-3/h6-9H,4-5,10H2,1-3H3,(H,17,18). The number of hydrogen-bond donors (Lipinski definition) is 1. The van der Waals surface area contributed by atoms with Crippen molar-refractivity contribution in [3.05, 3.63) is 52.3 Å². The van der Waals surface area contributed by atoms with E-state index in [0.717, 1.165) is 25.0 Å². The van der Waals surface area contributed by atoms with E-state index < -0.39 is 0 Å². The first kappa shape index (κ1) is 14.3. The molecule has 0 saturated carbocycles. The normalized spacial score (nSPS) is 10.6. The minimum atomic E-state index is -0.302. The summed E-state index contributed by atoms with van der Waals surface area (Å²) in [4.78, 5) is 11.4. The molecule has 0 atom stereocenters. The Morgan fingerprint density at radius 3 is 2.45 bits per heavy atom. The van der Waals surface area contributed by atoms with Gasteiger partial charge in [-0.25, -0.2) is 4.79 Å². The van der Waals surface area contributed by atoms with Crippen LogP contribution in [0.1, 0.15) is 46.7 Å². The minimum Gasteiger partial charge on any atom is -0.465 e. The molecule has 0 spiro atoms. The molecule has 0 radical (unpaired) electrons. The highest BCUT2D eigenvalue weighted by molar-refractivity contribution is 5.89. The molecule has 0 aliphatic heterocycles. The Balaban J connectivity index is 2.22. The topological polar surface area (TPSA) is 55.0 Å². The minimum absolute atomic E-state index is 0.302. The van der Waals surface area contributed by atoms with E-state index in [4.69, 9.17) is 4.74 Å². The van der Waals surface area contributed by atoms with E-state index in [2.05, 4.69) is 24.0 Å². The summed E-state index contributed by atoms with van der Waals surface area (Å²) < 4.78 is 4.70. The number of nitrogens with zero attached hydrogens (tertiary/aromatic N) is 1. The van der Waals surface area contributed by atoms with Gasteiger partial charge in [0.2, 0.25) is 0 Å². The molecule has 2 rings (SSSR count). The van der Waals surface area contributed by atoms with Crippen molar-refractivity contribution in [3.8, 4) is 0 Å². The molecule has 1 aromatic carbocycles. The van der Waals surface area contributed by atoms with Crippen molar-refractivity contribution in [1.29, 1.82) is 0 Å². The van der Waals surface area contributed by atoms with Crippen molar-refractivity contribution in [2.45, 2.75) is 33.1 Å². The largest absolute Gasteiger partial charge is 0.465 e. The van der Waals surface area contributed by atoms with Crippen molar-refractivity contribution in [3.63, 3.8) is 0 Å². The Kier molecular flexibility index (Phi) is 4.56. The molecule has 1 N–H and O–H groups in total. The molecule has 4 nitrogen and oxygen atoms in total. The van der Waals surface area contributed by atoms with Crippen LogP contribution >= 0.6 is 0 Å². The number of hydrogen-bond acceptors (Lipinski definition) is 3. The van der Waals surface area contributed by atoms with Gasteiger partial charge in [0.25, 0.3) is 0 Å². The summed E-state index contributed by atoms with van der Waals surface area (Å²) in [6.07, 6.45) is 2.71. The summed E-state index contributed by atoms with van der Waals surface area (Å²) in [6, 6.07) is 7.55. The maximum atomic E-state index is 11.4. The zero-order valence-electron chi connectivity index (χ0n) is 12.2. The smallest absolute Gasteiger partial charge is 0.337 e. The number of carbonyl (C=O) groups is 1. The predicted molar refractivity (Wildman–Crippen MR) is 77.9 cm³/mol. The van der Waals surface area contributed by atoms with Gasteiger partial charge in [-0.2, -0.15) is 5.10 Å². The van der Waals surface area contributed by atoms with E-state index in [9.17, 15) is 4.79 Å². The van der Waals surface area contributed by atoms with Gasteiger partial charge in [-0.1, -0.05) is 26.0 Å². The van der Waals surface area contributed by atoms with E-state index in [-0.39, 0.29) is 5.97 Å². The average Bonchev–Trinajstić information content (AvgIpc) is 2.89. The van der Waals surface area contributed by atoms with Crippen LogP contribution in [0.5, 0.6) is 0 Å². The fraction of sp³-hybridized carbons (Fsp3) is 0.375. The van der Waals surface area contributed by atoms with E-state index >= 15 is 0 Å². The Morgan fingerprint density at radius 1 is 1.20 bits per heavy atom. The fourth-order valence-electron chi connectivity index (χ4n) is 2.32. The second-order valence-electron chi connectivity index (χ2n) is 4.70. The molecule has 0 fully saturated rings. The van der Waals surface area contributed by atoms with Crippen LogP contribution < -0.4 is 0 Å². The van der Waals surface area contributed by atoms with Crippen molar-refractivity contribution < 1.29 is 9.53 Å². The Labute approximate surface area is 119 Å². The lowest BCUT2D eigenvalue weighted by molar-refractivity contribution is 0.0600. The lowest BCUT2D eigenvalue weighted by Crippen LogP contribution is -2.01. The van der Waals surface area contributed by atoms with Crippen molar-refractivity contribution in [2.24, 2.45) is 0 Å². The van der Waals surface area contributed by atoms with Gasteiger partial charge < -0.3 is 4.74 Å². The number of rotatable bonds is 5. The van der Waals surface area contributed by atoms with E-state index in [0.29, 0.717) is 5.56 Å². The summed E-state index contributed by atoms with van der Waals surface area (Å²) >= 11 is 0. The van der Waals surface area contributed by atoms with Crippen LogP contribution in [-0.4, -0.2) is 23.3 Å². The molecule has 0 bridgehead atoms. The molecule has 106 valence electrons. The quantitative estimate of drug-likeness (QED) is 0.851. The summed E-state index contributed by atoms with van der Waals surface area (Å²) in [5.74, 6) is -0.302. The predicted octanol–water partition coefficient (Wildman–Crippen LogP) is 2.91. The fourth-order valence-corrected chi connectivity index (χ4v) is 2.32. The number of aryl methyl sites for hydroxylation is 2. The highest BCUT2D eigenvalue weighted by Crippen LogP contribution is 2.18. The molecule has 1 aromatic heterocycles. The number of ether oxygens (including phenoxy) is 1. The van der Waals surface area contributed by atoms with E-state index in [1.54, 1.807) is 12.1 Å². The van der Waals surface area contributed by atoms with Gasteiger partial charge in [-0.15, -0.1) is 0 Å². The Bertz CT molecular complexity index is 564. The first-order valence-electron chi connectivity index (χ1n) is 6.91. The zero-order valence-corrected chi connectivity index (χ0v) is 12.2. The van der Waals surface area contributed by atoms with Crippen molar-refractivity contribution in [1.82, 2.24) is 10.2 Å². The number of aromatic amines is 1. The molecule has 4 heteroatoms. The molecule has 20 heavy (non-hydrogen) atoms. The lowest BCUT2D eigenvalue weighted by Gasteiger charge is -2.05. The number of esters is 1. The number of nitrogens with one attached hydrogen (secondary N) is 1. The molecular weight excluding hydrogens is 252 g/mol. The van der Waals surface area contributed by atoms with E-state index in [1.807, 2.05) is 12.1 Å². The monoisotopic (exact) mass is 272 g/mol. The molecule has 0 saturated heterocycles. The van der Waals surface area contributed by atoms with Gasteiger partial charge >= 0.3 is 5.97 Å². The first-order valence-corrected chi connectivity index (χ1v) is 6.91. The first-order chi connectivity index (χ1) is 9.69. The lowest BCUT2D eigenvalue weighted by atomic mass is 10.00. The highest BCUT2D eigenvalue weighted by Gasteiger charge is 2.11. The third kappa shape index (κ3) is 2.90. The molecule has 1 heterocycles. The van der Waals surface area contributed by atoms with Crippen molar-refractivity contribution >= 4 is 5.97 Å². The Morgan fingerprint density at radius 2 is 1.90 bits per heavy atom. The van der Waals surface area contributed by atoms with Gasteiger partial charge in [-0.3, -0.25) is 5.10 Å². The molecule has 0 aliphatic rings. The van der Waals surface area contributed by atoms with Crippen LogP contribution in [0.3, 0.4) is 0 Å². The number of aromatic nitrogens is 2. The van der Waals surface area contributed by atoms with Gasteiger partial charge in [0.1, 0.15) is 0 Å². The van der Waals surface area contributed by atoms with Crippen LogP contribution in [0.15, 0.2) is 24.3 Å². The maximum absolute atomic E-state index is 11.4.